The Morgan fingerprint density at radius 3 is 2.55 bits per heavy atom. The topological polar surface area (TPSA) is 29.3 Å². The molecule has 0 amide bonds. The molecule has 11 heavy (non-hydrogen) atoms. The van der Waals surface area contributed by atoms with Gasteiger partial charge in [0.2, 0.25) is 0 Å². The molecule has 1 unspecified atom stereocenters. The minimum absolute atomic E-state index is 0.0101. The number of hydrogen-bond donors (Lipinski definition) is 1. The zero-order chi connectivity index (χ0) is 8.48. The Bertz CT molecular complexity index is 136. The fraction of sp³-hybridized carbons (Fsp3) is 1.00. The minimum atomic E-state index is -2.52. The van der Waals surface area contributed by atoms with Gasteiger partial charge in [-0.1, -0.05) is 0 Å². The number of halogens is 2. The number of likely N-dealkylation sites (tertiary alicyclic amines) is 1. The molecule has 66 valence electrons. The summed E-state index contributed by atoms with van der Waals surface area (Å²) in [5.74, 6) is -2.52. The van der Waals surface area contributed by atoms with Crippen molar-refractivity contribution in [2.45, 2.75) is 31.9 Å². The van der Waals surface area contributed by atoms with Crippen molar-refractivity contribution in [1.29, 1.82) is 0 Å². The first-order valence-electron chi connectivity index (χ1n) is 3.89. The molecule has 0 aromatic carbocycles. The molecule has 0 radical (unpaired) electrons. The Labute approximate surface area is 65.4 Å². The van der Waals surface area contributed by atoms with Gasteiger partial charge >= 0.3 is 0 Å². The fourth-order valence-corrected chi connectivity index (χ4v) is 1.34. The van der Waals surface area contributed by atoms with E-state index < -0.39 is 5.92 Å². The first-order valence-corrected chi connectivity index (χ1v) is 3.89. The van der Waals surface area contributed by atoms with E-state index in [1.165, 1.54) is 0 Å². The van der Waals surface area contributed by atoms with Crippen LogP contribution < -0.4 is 5.73 Å². The molecule has 0 saturated carbocycles. The van der Waals surface area contributed by atoms with Gasteiger partial charge in [0.1, 0.15) is 0 Å². The summed E-state index contributed by atoms with van der Waals surface area (Å²) < 4.78 is 25.4. The summed E-state index contributed by atoms with van der Waals surface area (Å²) in [4.78, 5) is 1.61. The molecule has 1 rings (SSSR count). The van der Waals surface area contributed by atoms with Crippen molar-refractivity contribution >= 4 is 0 Å². The van der Waals surface area contributed by atoms with Gasteiger partial charge in [-0.05, 0) is 13.3 Å². The summed E-state index contributed by atoms with van der Waals surface area (Å²) in [6, 6.07) is 0. The highest BCUT2D eigenvalue weighted by Crippen LogP contribution is 2.26. The zero-order valence-electron chi connectivity index (χ0n) is 6.69. The lowest BCUT2D eigenvalue weighted by atomic mass is 10.1. The van der Waals surface area contributed by atoms with E-state index in [0.29, 0.717) is 13.0 Å². The molecule has 2 nitrogen and oxygen atoms in total. The molecule has 4 heteroatoms. The minimum Gasteiger partial charge on any atom is -0.316 e. The number of piperidine rings is 1. The molecule has 2 N–H and O–H groups in total. The van der Waals surface area contributed by atoms with E-state index in [2.05, 4.69) is 0 Å². The summed E-state index contributed by atoms with van der Waals surface area (Å²) in [7, 11) is 0. The van der Waals surface area contributed by atoms with Crippen molar-refractivity contribution in [3.8, 4) is 0 Å². The number of hydrogen-bond acceptors (Lipinski definition) is 2. The van der Waals surface area contributed by atoms with E-state index in [4.69, 9.17) is 5.73 Å². The van der Waals surface area contributed by atoms with E-state index in [0.717, 1.165) is 0 Å². The van der Waals surface area contributed by atoms with Crippen LogP contribution in [-0.2, 0) is 0 Å². The molecule has 1 aliphatic rings. The third-order valence-corrected chi connectivity index (χ3v) is 2.00. The van der Waals surface area contributed by atoms with Crippen molar-refractivity contribution in [3.63, 3.8) is 0 Å². The van der Waals surface area contributed by atoms with Gasteiger partial charge in [-0.3, -0.25) is 4.90 Å². The first-order chi connectivity index (χ1) is 5.01. The predicted octanol–water partition coefficient (Wildman–Crippen LogP) is 1.02. The lowest BCUT2D eigenvalue weighted by Gasteiger charge is -2.34. The molecular formula is C7H14F2N2. The van der Waals surface area contributed by atoms with Crippen LogP contribution >= 0.6 is 0 Å². The van der Waals surface area contributed by atoms with E-state index in [9.17, 15) is 8.78 Å². The molecule has 0 aromatic heterocycles. The maximum atomic E-state index is 12.7. The molecule has 1 heterocycles. The van der Waals surface area contributed by atoms with Gasteiger partial charge in [0.05, 0.1) is 12.7 Å². The van der Waals surface area contributed by atoms with Crippen LogP contribution in [0.4, 0.5) is 8.78 Å². The number of nitrogens with two attached hydrogens (primary N) is 1. The van der Waals surface area contributed by atoms with Crippen LogP contribution in [0.15, 0.2) is 0 Å². The quantitative estimate of drug-likeness (QED) is 0.627. The van der Waals surface area contributed by atoms with E-state index in [-0.39, 0.29) is 19.1 Å². The summed E-state index contributed by atoms with van der Waals surface area (Å²) >= 11 is 0. The summed E-state index contributed by atoms with van der Waals surface area (Å²) in [5.41, 5.74) is 5.48. The summed E-state index contributed by atoms with van der Waals surface area (Å²) in [6.45, 7) is 2.26. The molecule has 0 aliphatic carbocycles. The smallest absolute Gasteiger partial charge is 0.260 e. The van der Waals surface area contributed by atoms with Crippen LogP contribution in [0.1, 0.15) is 19.8 Å². The van der Waals surface area contributed by atoms with Crippen LogP contribution in [0.3, 0.4) is 0 Å². The Hall–Kier alpha value is -0.220. The second kappa shape index (κ2) is 3.03. The van der Waals surface area contributed by atoms with Gasteiger partial charge in [-0.2, -0.15) is 0 Å². The average molecular weight is 164 g/mol. The van der Waals surface area contributed by atoms with Crippen LogP contribution in [0, 0.1) is 0 Å². The van der Waals surface area contributed by atoms with Crippen LogP contribution in [0.5, 0.6) is 0 Å². The molecular weight excluding hydrogens is 150 g/mol. The van der Waals surface area contributed by atoms with Crippen LogP contribution in [-0.4, -0.2) is 30.1 Å². The molecule has 0 aromatic rings. The fourth-order valence-electron chi connectivity index (χ4n) is 1.34. The lowest BCUT2D eigenvalue weighted by molar-refractivity contribution is -0.0726. The lowest BCUT2D eigenvalue weighted by Crippen LogP contribution is -2.49. The van der Waals surface area contributed by atoms with Crippen molar-refractivity contribution in [1.82, 2.24) is 4.90 Å². The van der Waals surface area contributed by atoms with Gasteiger partial charge in [-0.15, -0.1) is 0 Å². The zero-order valence-corrected chi connectivity index (χ0v) is 6.69. The van der Waals surface area contributed by atoms with Gasteiger partial charge in [0.15, 0.2) is 0 Å². The predicted molar refractivity (Wildman–Crippen MR) is 39.4 cm³/mol. The highest BCUT2D eigenvalue weighted by Gasteiger charge is 2.35. The molecule has 1 saturated heterocycles. The summed E-state index contributed by atoms with van der Waals surface area (Å²) in [5, 5.41) is 0. The third-order valence-electron chi connectivity index (χ3n) is 2.00. The monoisotopic (exact) mass is 164 g/mol. The Morgan fingerprint density at radius 1 is 1.55 bits per heavy atom. The Balaban J connectivity index is 2.46. The molecule has 1 aliphatic heterocycles. The van der Waals surface area contributed by atoms with Gasteiger partial charge < -0.3 is 5.73 Å². The van der Waals surface area contributed by atoms with Crippen molar-refractivity contribution in [3.05, 3.63) is 0 Å². The van der Waals surface area contributed by atoms with Crippen LogP contribution in [0.2, 0.25) is 0 Å². The van der Waals surface area contributed by atoms with Crippen LogP contribution in [0.25, 0.3) is 0 Å². The van der Waals surface area contributed by atoms with Crippen molar-refractivity contribution < 1.29 is 8.78 Å². The Kier molecular flexibility index (Phi) is 2.44. The van der Waals surface area contributed by atoms with Crippen molar-refractivity contribution in [2.24, 2.45) is 5.73 Å². The van der Waals surface area contributed by atoms with E-state index >= 15 is 0 Å². The maximum Gasteiger partial charge on any atom is 0.260 e. The number of nitrogens with zero attached hydrogens (tertiary/aromatic N) is 1. The van der Waals surface area contributed by atoms with E-state index in [1.54, 1.807) is 11.8 Å². The standard InChI is InChI=1S/C7H14F2N2/c1-6(10)11-4-2-3-7(8,9)5-11/h6H,2-5,10H2,1H3. The second-order valence-electron chi connectivity index (χ2n) is 3.17. The molecule has 1 atom stereocenters. The highest BCUT2D eigenvalue weighted by molar-refractivity contribution is 4.79. The normalized spacial score (nSPS) is 28.4. The van der Waals surface area contributed by atoms with E-state index in [1.807, 2.05) is 0 Å². The largest absolute Gasteiger partial charge is 0.316 e. The molecule has 0 spiro atoms. The Morgan fingerprint density at radius 2 is 2.18 bits per heavy atom. The molecule has 0 bridgehead atoms. The van der Waals surface area contributed by atoms with Gasteiger partial charge in [-0.25, -0.2) is 8.78 Å². The van der Waals surface area contributed by atoms with Crippen molar-refractivity contribution in [2.75, 3.05) is 13.1 Å². The SMILES string of the molecule is CC(N)N1CCCC(F)(F)C1. The maximum absolute atomic E-state index is 12.7. The summed E-state index contributed by atoms with van der Waals surface area (Å²) in [6.07, 6.45) is 0.311. The highest BCUT2D eigenvalue weighted by atomic mass is 19.3. The third kappa shape index (κ3) is 2.38. The number of alkyl halides is 2. The van der Waals surface area contributed by atoms with Gasteiger partial charge in [0.25, 0.3) is 5.92 Å². The van der Waals surface area contributed by atoms with Gasteiger partial charge in [0, 0.05) is 13.0 Å². The molecule has 1 fully saturated rings. The number of rotatable bonds is 1. The first kappa shape index (κ1) is 8.87. The second-order valence-corrected chi connectivity index (χ2v) is 3.17. The average Bonchev–Trinajstić information content (AvgIpc) is 1.85.